The average Bonchev–Trinajstić information content (AvgIpc) is 2.25. The van der Waals surface area contributed by atoms with Crippen LogP contribution in [0.25, 0.3) is 0 Å². The van der Waals surface area contributed by atoms with Gasteiger partial charge < -0.3 is 9.47 Å². The Hall–Kier alpha value is -1.29. The lowest BCUT2D eigenvalue weighted by atomic mass is 10.2. The number of ether oxygens (including phenoxy) is 2. The summed E-state index contributed by atoms with van der Waals surface area (Å²) in [5.41, 5.74) is 0.461. The maximum absolute atomic E-state index is 10.8. The predicted molar refractivity (Wildman–Crippen MR) is 61.9 cm³/mol. The summed E-state index contributed by atoms with van der Waals surface area (Å²) >= 11 is 3.18. The number of benzene rings is 1. The second-order valence-electron chi connectivity index (χ2n) is 2.80. The first-order valence-corrected chi connectivity index (χ1v) is 5.06. The zero-order valence-corrected chi connectivity index (χ0v) is 9.91. The van der Waals surface area contributed by atoms with Crippen molar-refractivity contribution in [2.45, 2.75) is 0 Å². The van der Waals surface area contributed by atoms with Crippen molar-refractivity contribution < 1.29 is 14.3 Å². The molecule has 0 N–H and O–H groups in total. The van der Waals surface area contributed by atoms with Gasteiger partial charge >= 0.3 is 0 Å². The molecule has 4 heteroatoms. The fourth-order valence-electron chi connectivity index (χ4n) is 1.09. The first-order valence-electron chi connectivity index (χ1n) is 4.27. The number of rotatable bonds is 5. The molecule has 1 aromatic carbocycles. The predicted octanol–water partition coefficient (Wildman–Crippen LogP) is 2.80. The van der Waals surface area contributed by atoms with E-state index in [-0.39, 0.29) is 0 Å². The van der Waals surface area contributed by atoms with Crippen molar-refractivity contribution in [2.24, 2.45) is 0 Å². The molecule has 1 aromatic rings. The summed E-state index contributed by atoms with van der Waals surface area (Å²) in [6, 6.07) is 5.14. The summed E-state index contributed by atoms with van der Waals surface area (Å²) in [6.07, 6.45) is 0.731. The van der Waals surface area contributed by atoms with Crippen LogP contribution in [0.5, 0.6) is 11.5 Å². The molecule has 0 amide bonds. The van der Waals surface area contributed by atoms with Crippen molar-refractivity contribution in [1.29, 1.82) is 0 Å². The van der Waals surface area contributed by atoms with E-state index in [0.29, 0.717) is 28.2 Å². The third kappa shape index (κ3) is 3.09. The van der Waals surface area contributed by atoms with E-state index in [1.807, 2.05) is 0 Å². The van der Waals surface area contributed by atoms with Crippen LogP contribution < -0.4 is 9.47 Å². The molecule has 1 rings (SSSR count). The minimum Gasteiger partial charge on any atom is -0.493 e. The molecule has 0 atom stereocenters. The monoisotopic (exact) mass is 270 g/mol. The summed E-state index contributed by atoms with van der Waals surface area (Å²) in [4.78, 5) is 10.8. The summed E-state index contributed by atoms with van der Waals surface area (Å²) in [5, 5.41) is 0. The van der Waals surface area contributed by atoms with E-state index < -0.39 is 0 Å². The van der Waals surface area contributed by atoms with Crippen molar-refractivity contribution in [1.82, 2.24) is 0 Å². The highest BCUT2D eigenvalue weighted by Gasteiger charge is 2.09. The minimum absolute atomic E-state index is 0.293. The SMILES string of the molecule is C=C(Br)COc1c(C=O)cccc1OC. The van der Waals surface area contributed by atoms with Gasteiger partial charge in [-0.05, 0) is 12.1 Å². The van der Waals surface area contributed by atoms with E-state index in [9.17, 15) is 4.79 Å². The standard InChI is InChI=1S/C11H11BrO3/c1-8(12)7-15-11-9(6-13)4-3-5-10(11)14-2/h3-6H,1,7H2,2H3. The second-order valence-corrected chi connectivity index (χ2v) is 3.92. The molecule has 0 heterocycles. The molecule has 0 spiro atoms. The first kappa shape index (κ1) is 11.8. The molecule has 0 radical (unpaired) electrons. The summed E-state index contributed by atoms with van der Waals surface area (Å²) in [6.45, 7) is 3.94. The Morgan fingerprint density at radius 3 is 2.87 bits per heavy atom. The van der Waals surface area contributed by atoms with Gasteiger partial charge in [0.1, 0.15) is 6.61 Å². The van der Waals surface area contributed by atoms with Crippen molar-refractivity contribution in [3.8, 4) is 11.5 Å². The van der Waals surface area contributed by atoms with Crippen LogP contribution in [0.15, 0.2) is 29.3 Å². The maximum Gasteiger partial charge on any atom is 0.172 e. The largest absolute Gasteiger partial charge is 0.493 e. The fraction of sp³-hybridized carbons (Fsp3) is 0.182. The van der Waals surface area contributed by atoms with Gasteiger partial charge in [0.05, 0.1) is 12.7 Å². The van der Waals surface area contributed by atoms with E-state index in [4.69, 9.17) is 9.47 Å². The Morgan fingerprint density at radius 1 is 1.60 bits per heavy atom. The third-order valence-corrected chi connectivity index (χ3v) is 1.96. The molecule has 0 aliphatic heterocycles. The molecule has 0 aromatic heterocycles. The van der Waals surface area contributed by atoms with Gasteiger partial charge in [0.2, 0.25) is 0 Å². The van der Waals surface area contributed by atoms with Gasteiger partial charge in [-0.25, -0.2) is 0 Å². The zero-order valence-electron chi connectivity index (χ0n) is 8.33. The first-order chi connectivity index (χ1) is 7.19. The summed E-state index contributed by atoms with van der Waals surface area (Å²) < 4.78 is 11.2. The number of methoxy groups -OCH3 is 1. The molecule has 3 nitrogen and oxygen atoms in total. The summed E-state index contributed by atoms with van der Waals surface area (Å²) in [5.74, 6) is 0.976. The molecule has 15 heavy (non-hydrogen) atoms. The fourth-order valence-corrected chi connectivity index (χ4v) is 1.21. The number of para-hydroxylation sites is 1. The molecule has 0 unspecified atom stereocenters. The van der Waals surface area contributed by atoms with E-state index in [2.05, 4.69) is 22.5 Å². The van der Waals surface area contributed by atoms with Crippen LogP contribution in [0.1, 0.15) is 10.4 Å². The zero-order chi connectivity index (χ0) is 11.3. The lowest BCUT2D eigenvalue weighted by molar-refractivity contribution is 0.111. The van der Waals surface area contributed by atoms with Gasteiger partial charge in [0.15, 0.2) is 17.8 Å². The Morgan fingerprint density at radius 2 is 2.33 bits per heavy atom. The van der Waals surface area contributed by atoms with Crippen LogP contribution in [0.4, 0.5) is 0 Å². The van der Waals surface area contributed by atoms with E-state index in [0.717, 1.165) is 6.29 Å². The topological polar surface area (TPSA) is 35.5 Å². The van der Waals surface area contributed by atoms with Crippen molar-refractivity contribution >= 4 is 22.2 Å². The van der Waals surface area contributed by atoms with Crippen LogP contribution in [-0.4, -0.2) is 20.0 Å². The Balaban J connectivity index is 2.99. The lowest BCUT2D eigenvalue weighted by Crippen LogP contribution is -2.01. The molecule has 0 saturated heterocycles. The normalized spacial score (nSPS) is 9.47. The second kappa shape index (κ2) is 5.56. The lowest BCUT2D eigenvalue weighted by Gasteiger charge is -2.11. The number of aldehydes is 1. The van der Waals surface area contributed by atoms with E-state index >= 15 is 0 Å². The van der Waals surface area contributed by atoms with Gasteiger partial charge in [-0.1, -0.05) is 28.6 Å². The number of hydrogen-bond donors (Lipinski definition) is 0. The van der Waals surface area contributed by atoms with Crippen molar-refractivity contribution in [3.63, 3.8) is 0 Å². The number of carbonyl (C=O) groups is 1. The van der Waals surface area contributed by atoms with Crippen molar-refractivity contribution in [2.75, 3.05) is 13.7 Å². The molecule has 0 saturated carbocycles. The Kier molecular flexibility index (Phi) is 4.37. The number of carbonyl (C=O) groups excluding carboxylic acids is 1. The summed E-state index contributed by atoms with van der Waals surface area (Å²) in [7, 11) is 1.53. The number of hydrogen-bond acceptors (Lipinski definition) is 3. The molecule has 80 valence electrons. The smallest absolute Gasteiger partial charge is 0.172 e. The van der Waals surface area contributed by atoms with Gasteiger partial charge in [-0.15, -0.1) is 0 Å². The maximum atomic E-state index is 10.8. The third-order valence-electron chi connectivity index (χ3n) is 1.73. The van der Waals surface area contributed by atoms with Gasteiger partial charge in [-0.3, -0.25) is 4.79 Å². The highest BCUT2D eigenvalue weighted by molar-refractivity contribution is 9.11. The van der Waals surface area contributed by atoms with Gasteiger partial charge in [0, 0.05) is 4.48 Å². The van der Waals surface area contributed by atoms with Crippen LogP contribution in [0.3, 0.4) is 0 Å². The van der Waals surface area contributed by atoms with Gasteiger partial charge in [0.25, 0.3) is 0 Å². The molecular weight excluding hydrogens is 260 g/mol. The molecule has 0 aliphatic rings. The van der Waals surface area contributed by atoms with E-state index in [1.54, 1.807) is 18.2 Å². The van der Waals surface area contributed by atoms with Crippen LogP contribution >= 0.6 is 15.9 Å². The van der Waals surface area contributed by atoms with Crippen molar-refractivity contribution in [3.05, 3.63) is 34.8 Å². The Labute approximate surface area is 96.8 Å². The molecular formula is C11H11BrO3. The highest BCUT2D eigenvalue weighted by atomic mass is 79.9. The van der Waals surface area contributed by atoms with Gasteiger partial charge in [-0.2, -0.15) is 0 Å². The van der Waals surface area contributed by atoms with Crippen LogP contribution in [-0.2, 0) is 0 Å². The number of halogens is 1. The molecule has 0 bridgehead atoms. The molecule has 0 aliphatic carbocycles. The van der Waals surface area contributed by atoms with E-state index in [1.165, 1.54) is 7.11 Å². The minimum atomic E-state index is 0.293. The van der Waals surface area contributed by atoms with Crippen LogP contribution in [0.2, 0.25) is 0 Å². The average molecular weight is 271 g/mol. The quantitative estimate of drug-likeness (QED) is 0.772. The molecule has 0 fully saturated rings. The van der Waals surface area contributed by atoms with Crippen LogP contribution in [0, 0.1) is 0 Å². The Bertz CT molecular complexity index is 374. The highest BCUT2D eigenvalue weighted by Crippen LogP contribution is 2.30.